The molecule has 0 spiro atoms. The second kappa shape index (κ2) is 5.76. The number of hydrogen-bond donors (Lipinski definition) is 2. The van der Waals surface area contributed by atoms with Crippen LogP contribution in [0, 0.1) is 0 Å². The molecule has 0 aliphatic heterocycles. The van der Waals surface area contributed by atoms with Gasteiger partial charge in [-0.25, -0.2) is 9.97 Å². The van der Waals surface area contributed by atoms with E-state index in [4.69, 9.17) is 15.2 Å². The molecule has 0 radical (unpaired) electrons. The predicted molar refractivity (Wildman–Crippen MR) is 77.3 cm³/mol. The van der Waals surface area contributed by atoms with E-state index in [0.29, 0.717) is 41.7 Å². The molecule has 0 fully saturated rings. The summed E-state index contributed by atoms with van der Waals surface area (Å²) in [5, 5.41) is 0. The number of H-pyrrole nitrogens is 1. The molecule has 3 aromatic rings. The maximum Gasteiger partial charge on any atom is 0.248 e. The summed E-state index contributed by atoms with van der Waals surface area (Å²) < 4.78 is 11.4. The summed E-state index contributed by atoms with van der Waals surface area (Å²) in [7, 11) is 0. The Bertz CT molecular complexity index is 756. The number of rotatable bonds is 5. The first-order valence-electron chi connectivity index (χ1n) is 6.59. The number of nitrogens with zero attached hydrogens (tertiary/aromatic N) is 3. The molecule has 7 heteroatoms. The smallest absolute Gasteiger partial charge is 0.248 e. The molecular formula is C14H15N5O2. The van der Waals surface area contributed by atoms with Gasteiger partial charge < -0.3 is 20.2 Å². The lowest BCUT2D eigenvalue weighted by atomic mass is 10.2. The van der Waals surface area contributed by atoms with E-state index in [9.17, 15) is 0 Å². The normalized spacial score (nSPS) is 10.8. The number of aromatic amines is 1. The summed E-state index contributed by atoms with van der Waals surface area (Å²) in [6.45, 7) is 2.89. The quantitative estimate of drug-likeness (QED) is 0.744. The van der Waals surface area contributed by atoms with E-state index >= 15 is 0 Å². The topological polar surface area (TPSA) is 98.9 Å². The number of fused-ring (bicyclic) bond motifs is 1. The Morgan fingerprint density at radius 2 is 2.10 bits per heavy atom. The van der Waals surface area contributed by atoms with Crippen molar-refractivity contribution in [1.82, 2.24) is 19.9 Å². The van der Waals surface area contributed by atoms with Crippen molar-refractivity contribution < 1.29 is 9.47 Å². The molecule has 21 heavy (non-hydrogen) atoms. The monoisotopic (exact) mass is 285 g/mol. The van der Waals surface area contributed by atoms with Crippen LogP contribution in [0.3, 0.4) is 0 Å². The van der Waals surface area contributed by atoms with Crippen molar-refractivity contribution in [2.24, 2.45) is 5.73 Å². The van der Waals surface area contributed by atoms with Gasteiger partial charge in [-0.1, -0.05) is 6.07 Å². The fraction of sp³-hybridized carbons (Fsp3) is 0.214. The first kappa shape index (κ1) is 13.3. The molecule has 0 aliphatic carbocycles. The highest BCUT2D eigenvalue weighted by Crippen LogP contribution is 2.33. The lowest BCUT2D eigenvalue weighted by Gasteiger charge is -2.12. The average Bonchev–Trinajstić information content (AvgIpc) is 2.99. The van der Waals surface area contributed by atoms with Crippen LogP contribution in [0.1, 0.15) is 12.5 Å². The minimum Gasteiger partial charge on any atom is -0.490 e. The first-order valence-corrected chi connectivity index (χ1v) is 6.59. The van der Waals surface area contributed by atoms with E-state index in [1.54, 1.807) is 6.33 Å². The van der Waals surface area contributed by atoms with Gasteiger partial charge in [0.05, 0.1) is 12.9 Å². The molecule has 3 N–H and O–H groups in total. The van der Waals surface area contributed by atoms with Crippen LogP contribution in [0.2, 0.25) is 0 Å². The maximum atomic E-state index is 5.84. The summed E-state index contributed by atoms with van der Waals surface area (Å²) in [5.41, 5.74) is 7.81. The Kier molecular flexibility index (Phi) is 3.65. The van der Waals surface area contributed by atoms with E-state index in [1.165, 1.54) is 6.33 Å². The summed E-state index contributed by atoms with van der Waals surface area (Å²) in [5.74, 6) is 1.61. The van der Waals surface area contributed by atoms with Gasteiger partial charge in [-0.05, 0) is 24.6 Å². The van der Waals surface area contributed by atoms with Crippen molar-refractivity contribution in [2.45, 2.75) is 13.5 Å². The molecule has 1 aromatic carbocycles. The minimum absolute atomic E-state index is 0.402. The summed E-state index contributed by atoms with van der Waals surface area (Å²) in [4.78, 5) is 15.2. The zero-order valence-electron chi connectivity index (χ0n) is 11.5. The molecule has 3 rings (SSSR count). The molecule has 0 unspecified atom stereocenters. The largest absolute Gasteiger partial charge is 0.490 e. The van der Waals surface area contributed by atoms with Crippen molar-refractivity contribution in [3.05, 3.63) is 36.4 Å². The van der Waals surface area contributed by atoms with Crippen LogP contribution in [-0.4, -0.2) is 26.5 Å². The van der Waals surface area contributed by atoms with E-state index in [-0.39, 0.29) is 0 Å². The van der Waals surface area contributed by atoms with E-state index < -0.39 is 0 Å². The Hall–Kier alpha value is -2.67. The number of ether oxygens (including phenoxy) is 2. The Morgan fingerprint density at radius 3 is 2.90 bits per heavy atom. The van der Waals surface area contributed by atoms with Crippen LogP contribution in [0.25, 0.3) is 11.2 Å². The third-order valence-corrected chi connectivity index (χ3v) is 2.94. The molecule has 0 amide bonds. The summed E-state index contributed by atoms with van der Waals surface area (Å²) in [6.07, 6.45) is 2.96. The van der Waals surface area contributed by atoms with Gasteiger partial charge in [0.1, 0.15) is 11.8 Å². The molecule has 0 saturated carbocycles. The second-order valence-electron chi connectivity index (χ2n) is 4.30. The average molecular weight is 285 g/mol. The van der Waals surface area contributed by atoms with Crippen molar-refractivity contribution in [3.63, 3.8) is 0 Å². The zero-order valence-corrected chi connectivity index (χ0v) is 11.5. The maximum absolute atomic E-state index is 5.84. The molecule has 2 aromatic heterocycles. The van der Waals surface area contributed by atoms with Gasteiger partial charge in [-0.2, -0.15) is 4.98 Å². The summed E-state index contributed by atoms with van der Waals surface area (Å²) >= 11 is 0. The van der Waals surface area contributed by atoms with E-state index in [1.807, 2.05) is 25.1 Å². The molecule has 0 atom stereocenters. The highest BCUT2D eigenvalue weighted by molar-refractivity contribution is 5.75. The third-order valence-electron chi connectivity index (χ3n) is 2.94. The molecular weight excluding hydrogens is 270 g/mol. The highest BCUT2D eigenvalue weighted by Gasteiger charge is 2.12. The van der Waals surface area contributed by atoms with Crippen molar-refractivity contribution in [3.8, 4) is 17.4 Å². The molecule has 2 heterocycles. The Labute approximate surface area is 121 Å². The van der Waals surface area contributed by atoms with Gasteiger partial charge in [0.2, 0.25) is 5.88 Å². The minimum atomic E-state index is 0.402. The van der Waals surface area contributed by atoms with Gasteiger partial charge >= 0.3 is 0 Å². The van der Waals surface area contributed by atoms with Crippen LogP contribution in [0.4, 0.5) is 0 Å². The number of hydrogen-bond acceptors (Lipinski definition) is 6. The number of aromatic nitrogens is 4. The van der Waals surface area contributed by atoms with Crippen LogP contribution in [0.15, 0.2) is 30.9 Å². The SMILES string of the molecule is CCOc1cc(CN)ccc1Oc1ncnc2nc[nH]c12. The number of imidazole rings is 1. The third kappa shape index (κ3) is 2.63. The van der Waals surface area contributed by atoms with Crippen molar-refractivity contribution in [1.29, 1.82) is 0 Å². The fourth-order valence-corrected chi connectivity index (χ4v) is 1.96. The number of nitrogens with two attached hydrogens (primary N) is 1. The number of nitrogens with one attached hydrogen (secondary N) is 1. The fourth-order valence-electron chi connectivity index (χ4n) is 1.96. The lowest BCUT2D eigenvalue weighted by molar-refractivity contribution is 0.319. The van der Waals surface area contributed by atoms with Gasteiger partial charge in [0, 0.05) is 6.54 Å². The highest BCUT2D eigenvalue weighted by atomic mass is 16.5. The standard InChI is InChI=1S/C14H15N5O2/c1-2-20-11-5-9(6-15)3-4-10(11)21-14-12-13(17-7-16-12)18-8-19-14/h3-5,7-8H,2,6,15H2,1H3,(H,16,17,18,19). The van der Waals surface area contributed by atoms with Crippen LogP contribution in [-0.2, 0) is 6.54 Å². The second-order valence-corrected chi connectivity index (χ2v) is 4.30. The van der Waals surface area contributed by atoms with Crippen LogP contribution >= 0.6 is 0 Å². The Morgan fingerprint density at radius 1 is 1.19 bits per heavy atom. The lowest BCUT2D eigenvalue weighted by Crippen LogP contribution is -2.00. The first-order chi connectivity index (χ1) is 10.3. The van der Waals surface area contributed by atoms with Crippen LogP contribution < -0.4 is 15.2 Å². The summed E-state index contributed by atoms with van der Waals surface area (Å²) in [6, 6.07) is 5.57. The van der Waals surface area contributed by atoms with Gasteiger partial charge in [0.25, 0.3) is 0 Å². The van der Waals surface area contributed by atoms with Crippen molar-refractivity contribution in [2.75, 3.05) is 6.61 Å². The van der Waals surface area contributed by atoms with Crippen molar-refractivity contribution >= 4 is 11.2 Å². The van der Waals surface area contributed by atoms with Gasteiger partial charge in [-0.3, -0.25) is 0 Å². The molecule has 108 valence electrons. The van der Waals surface area contributed by atoms with Gasteiger partial charge in [0.15, 0.2) is 17.1 Å². The zero-order chi connectivity index (χ0) is 14.7. The Balaban J connectivity index is 1.99. The molecule has 0 aliphatic rings. The molecule has 0 bridgehead atoms. The van der Waals surface area contributed by atoms with Crippen LogP contribution in [0.5, 0.6) is 17.4 Å². The number of benzene rings is 1. The van der Waals surface area contributed by atoms with E-state index in [0.717, 1.165) is 5.56 Å². The molecule has 7 nitrogen and oxygen atoms in total. The molecule has 0 saturated heterocycles. The van der Waals surface area contributed by atoms with Gasteiger partial charge in [-0.15, -0.1) is 0 Å². The predicted octanol–water partition coefficient (Wildman–Crippen LogP) is 2.00. The van der Waals surface area contributed by atoms with E-state index in [2.05, 4.69) is 19.9 Å².